The molecule has 1 aromatic rings. The van der Waals surface area contributed by atoms with Crippen LogP contribution in [0.25, 0.3) is 0 Å². The first-order valence-corrected chi connectivity index (χ1v) is 5.09. The van der Waals surface area contributed by atoms with E-state index in [1.54, 1.807) is 13.8 Å². The Morgan fingerprint density at radius 3 is 2.79 bits per heavy atom. The molecule has 1 aliphatic rings. The Bertz CT molecular complexity index is 380. The zero-order valence-corrected chi connectivity index (χ0v) is 8.69. The Morgan fingerprint density at radius 2 is 2.36 bits per heavy atom. The molecule has 0 radical (unpaired) electrons. The molecule has 0 spiro atoms. The third-order valence-corrected chi connectivity index (χ3v) is 3.15. The molecule has 6 heteroatoms. The molecule has 4 nitrogen and oxygen atoms in total. The van der Waals surface area contributed by atoms with Gasteiger partial charge in [0.15, 0.2) is 0 Å². The largest absolute Gasteiger partial charge is 0.300 e. The molecule has 1 fully saturated rings. The molecule has 1 saturated carbocycles. The maximum absolute atomic E-state index is 12.8. The minimum Gasteiger partial charge on any atom is -0.300 e. The topological polar surface area (TPSA) is 54.9 Å². The highest BCUT2D eigenvalue weighted by Gasteiger charge is 2.57. The van der Waals surface area contributed by atoms with Gasteiger partial charge in [-0.25, -0.2) is 4.39 Å². The van der Waals surface area contributed by atoms with Gasteiger partial charge < -0.3 is 0 Å². The van der Waals surface area contributed by atoms with Crippen molar-refractivity contribution >= 4 is 22.4 Å². The van der Waals surface area contributed by atoms with Gasteiger partial charge in [-0.3, -0.25) is 10.1 Å². The number of hydrogen-bond donors (Lipinski definition) is 1. The lowest BCUT2D eigenvalue weighted by atomic mass is 10.1. The van der Waals surface area contributed by atoms with Crippen LogP contribution in [0, 0.1) is 12.3 Å². The molecule has 0 aromatic carbocycles. The molecule has 2 atom stereocenters. The summed E-state index contributed by atoms with van der Waals surface area (Å²) >= 11 is 1.28. The zero-order valence-electron chi connectivity index (χ0n) is 7.87. The van der Waals surface area contributed by atoms with Crippen LogP contribution in [0.2, 0.25) is 0 Å². The number of rotatable bonds is 2. The van der Waals surface area contributed by atoms with Crippen LogP contribution in [-0.4, -0.2) is 22.3 Å². The van der Waals surface area contributed by atoms with Gasteiger partial charge in [-0.2, -0.15) is 0 Å². The maximum atomic E-state index is 12.8. The Balaban J connectivity index is 2.02. The molecule has 2 rings (SSSR count). The molecule has 1 aliphatic carbocycles. The smallest absolute Gasteiger partial charge is 0.235 e. The van der Waals surface area contributed by atoms with E-state index < -0.39 is 11.6 Å². The van der Waals surface area contributed by atoms with Crippen molar-refractivity contribution in [2.75, 3.05) is 5.32 Å². The van der Waals surface area contributed by atoms with Crippen LogP contribution in [0.1, 0.15) is 18.4 Å². The molecule has 0 saturated heterocycles. The molecular weight excluding hydrogens is 205 g/mol. The minimum absolute atomic E-state index is 0.302. The van der Waals surface area contributed by atoms with E-state index in [1.807, 2.05) is 0 Å². The van der Waals surface area contributed by atoms with Gasteiger partial charge in [0.25, 0.3) is 0 Å². The quantitative estimate of drug-likeness (QED) is 0.814. The molecule has 0 aliphatic heterocycles. The summed E-state index contributed by atoms with van der Waals surface area (Å²) in [5.41, 5.74) is -0.848. The van der Waals surface area contributed by atoms with E-state index in [4.69, 9.17) is 0 Å². The van der Waals surface area contributed by atoms with Crippen molar-refractivity contribution in [1.29, 1.82) is 0 Å². The van der Waals surface area contributed by atoms with Crippen molar-refractivity contribution in [2.24, 2.45) is 5.41 Å². The molecule has 1 heterocycles. The van der Waals surface area contributed by atoms with Crippen molar-refractivity contribution in [3.05, 3.63) is 5.01 Å². The van der Waals surface area contributed by atoms with Crippen LogP contribution in [-0.2, 0) is 4.79 Å². The Morgan fingerprint density at radius 1 is 1.71 bits per heavy atom. The number of carbonyl (C=O) groups is 1. The Hall–Kier alpha value is -1.04. The maximum Gasteiger partial charge on any atom is 0.235 e. The predicted octanol–water partition coefficient (Wildman–Crippen LogP) is 1.53. The fraction of sp³-hybridized carbons (Fsp3) is 0.625. The summed E-state index contributed by atoms with van der Waals surface area (Å²) in [7, 11) is 0. The SMILES string of the molecule is Cc1nnc(NC(=O)[C@@]2(C)C[C@@H]2F)s1. The molecule has 1 N–H and O–H groups in total. The van der Waals surface area contributed by atoms with Crippen molar-refractivity contribution in [2.45, 2.75) is 26.4 Å². The van der Waals surface area contributed by atoms with Gasteiger partial charge in [-0.05, 0) is 20.3 Å². The average Bonchev–Trinajstić information content (AvgIpc) is 2.56. The summed E-state index contributed by atoms with van der Waals surface area (Å²) in [4.78, 5) is 11.5. The normalized spacial score (nSPS) is 30.1. The summed E-state index contributed by atoms with van der Waals surface area (Å²) < 4.78 is 12.8. The van der Waals surface area contributed by atoms with Crippen molar-refractivity contribution in [3.8, 4) is 0 Å². The van der Waals surface area contributed by atoms with E-state index >= 15 is 0 Å². The second-order valence-corrected chi connectivity index (χ2v) is 4.85. The summed E-state index contributed by atoms with van der Waals surface area (Å²) in [5.74, 6) is -0.304. The van der Waals surface area contributed by atoms with Crippen molar-refractivity contribution in [3.63, 3.8) is 0 Å². The first kappa shape index (κ1) is 9.51. The van der Waals surface area contributed by atoms with Gasteiger partial charge in [0.05, 0.1) is 5.41 Å². The number of carbonyl (C=O) groups excluding carboxylic acids is 1. The Kier molecular flexibility index (Phi) is 2.02. The summed E-state index contributed by atoms with van der Waals surface area (Å²) in [6.07, 6.45) is -0.715. The molecule has 1 aromatic heterocycles. The van der Waals surface area contributed by atoms with Crippen LogP contribution >= 0.6 is 11.3 Å². The molecule has 0 unspecified atom stereocenters. The van der Waals surface area contributed by atoms with Gasteiger partial charge in [0, 0.05) is 0 Å². The molecule has 1 amide bonds. The highest BCUT2D eigenvalue weighted by molar-refractivity contribution is 7.15. The average molecular weight is 215 g/mol. The van der Waals surface area contributed by atoms with Gasteiger partial charge in [0.2, 0.25) is 11.0 Å². The highest BCUT2D eigenvalue weighted by atomic mass is 32.1. The lowest BCUT2D eigenvalue weighted by Crippen LogP contribution is -2.23. The zero-order chi connectivity index (χ0) is 10.3. The third-order valence-electron chi connectivity index (χ3n) is 2.40. The lowest BCUT2D eigenvalue weighted by molar-refractivity contribution is -0.121. The van der Waals surface area contributed by atoms with Gasteiger partial charge in [-0.1, -0.05) is 11.3 Å². The number of nitrogens with zero attached hydrogens (tertiary/aromatic N) is 2. The summed E-state index contributed by atoms with van der Waals surface area (Å²) in [6, 6.07) is 0. The van der Waals surface area contributed by atoms with E-state index in [1.165, 1.54) is 11.3 Å². The summed E-state index contributed by atoms with van der Waals surface area (Å²) in [5, 5.41) is 11.3. The molecule has 14 heavy (non-hydrogen) atoms. The van der Waals surface area contributed by atoms with E-state index in [-0.39, 0.29) is 5.91 Å². The number of nitrogens with one attached hydrogen (secondary N) is 1. The second-order valence-electron chi connectivity index (χ2n) is 3.67. The van der Waals surface area contributed by atoms with Crippen molar-refractivity contribution in [1.82, 2.24) is 10.2 Å². The molecule has 76 valence electrons. The number of halogens is 1. The van der Waals surface area contributed by atoms with E-state index in [2.05, 4.69) is 15.5 Å². The monoisotopic (exact) mass is 215 g/mol. The minimum atomic E-state index is -1.02. The number of amides is 1. The predicted molar refractivity (Wildman–Crippen MR) is 50.9 cm³/mol. The van der Waals surface area contributed by atoms with E-state index in [9.17, 15) is 9.18 Å². The van der Waals surface area contributed by atoms with Crippen LogP contribution < -0.4 is 5.32 Å². The first-order valence-electron chi connectivity index (χ1n) is 4.28. The van der Waals surface area contributed by atoms with Crippen LogP contribution in [0.3, 0.4) is 0 Å². The Labute approximate surface area is 84.5 Å². The van der Waals surface area contributed by atoms with Crippen LogP contribution in [0.4, 0.5) is 9.52 Å². The van der Waals surface area contributed by atoms with Gasteiger partial charge >= 0.3 is 0 Å². The number of aromatic nitrogens is 2. The lowest BCUT2D eigenvalue weighted by Gasteiger charge is -2.06. The highest BCUT2D eigenvalue weighted by Crippen LogP contribution is 2.48. The van der Waals surface area contributed by atoms with Gasteiger partial charge in [0.1, 0.15) is 11.2 Å². The summed E-state index contributed by atoms with van der Waals surface area (Å²) in [6.45, 7) is 3.41. The number of anilines is 1. The number of hydrogen-bond acceptors (Lipinski definition) is 4. The molecular formula is C8H10FN3OS. The third kappa shape index (κ3) is 1.50. The first-order chi connectivity index (χ1) is 6.52. The van der Waals surface area contributed by atoms with Crippen LogP contribution in [0.5, 0.6) is 0 Å². The fourth-order valence-electron chi connectivity index (χ4n) is 1.14. The second kappa shape index (κ2) is 2.98. The number of alkyl halides is 1. The standard InChI is InChI=1S/C8H10FN3OS/c1-4-11-12-7(14-4)10-6(13)8(2)3-5(8)9/h5H,3H2,1-2H3,(H,10,12,13)/t5-,8-/m0/s1. The van der Waals surface area contributed by atoms with E-state index in [0.29, 0.717) is 11.6 Å². The van der Waals surface area contributed by atoms with Crippen LogP contribution in [0.15, 0.2) is 0 Å². The fourth-order valence-corrected chi connectivity index (χ4v) is 1.72. The molecule has 0 bridgehead atoms. The van der Waals surface area contributed by atoms with Crippen molar-refractivity contribution < 1.29 is 9.18 Å². The number of aryl methyl sites for hydroxylation is 1. The van der Waals surface area contributed by atoms with E-state index in [0.717, 1.165) is 5.01 Å². The van der Waals surface area contributed by atoms with Gasteiger partial charge in [-0.15, -0.1) is 10.2 Å².